The summed E-state index contributed by atoms with van der Waals surface area (Å²) in [6.07, 6.45) is 1.65. The molecule has 3 aromatic rings. The number of nitrogen functional groups attached to an aromatic ring is 1. The van der Waals surface area contributed by atoms with E-state index in [9.17, 15) is 0 Å². The number of furan rings is 1. The van der Waals surface area contributed by atoms with Crippen molar-refractivity contribution in [3.63, 3.8) is 0 Å². The highest BCUT2D eigenvalue weighted by Gasteiger charge is 2.10. The number of nitrogens with zero attached hydrogens (tertiary/aromatic N) is 2. The van der Waals surface area contributed by atoms with Crippen LogP contribution in [0.15, 0.2) is 28.9 Å². The van der Waals surface area contributed by atoms with Crippen LogP contribution in [-0.2, 0) is 6.54 Å². The van der Waals surface area contributed by atoms with Crippen LogP contribution in [0.5, 0.6) is 0 Å². The lowest BCUT2D eigenvalue weighted by Crippen LogP contribution is -2.12. The molecule has 3 rings (SSSR count). The number of thiophene rings is 1. The number of anilines is 2. The van der Waals surface area contributed by atoms with Crippen molar-refractivity contribution < 1.29 is 4.42 Å². The Balaban J connectivity index is 1.96. The summed E-state index contributed by atoms with van der Waals surface area (Å²) in [6.45, 7) is 2.61. The largest absolute Gasteiger partial charge is 0.467 e. The lowest BCUT2D eigenvalue weighted by atomic mass is 10.3. The molecule has 0 atom stereocenters. The molecule has 0 aliphatic carbocycles. The van der Waals surface area contributed by atoms with Gasteiger partial charge in [0.05, 0.1) is 18.2 Å². The Kier molecular flexibility index (Phi) is 3.06. The predicted molar refractivity (Wildman–Crippen MR) is 76.0 cm³/mol. The number of aryl methyl sites for hydroxylation is 1. The molecule has 0 aromatic carbocycles. The van der Waals surface area contributed by atoms with Crippen molar-refractivity contribution in [3.8, 4) is 0 Å². The molecule has 0 saturated heterocycles. The average Bonchev–Trinajstić information content (AvgIpc) is 3.03. The van der Waals surface area contributed by atoms with Crippen molar-refractivity contribution >= 4 is 33.3 Å². The van der Waals surface area contributed by atoms with Crippen molar-refractivity contribution in [1.29, 1.82) is 0 Å². The van der Waals surface area contributed by atoms with Crippen LogP contribution >= 0.6 is 11.3 Å². The molecule has 3 aromatic heterocycles. The predicted octanol–water partition coefficient (Wildman–Crippen LogP) is 2.49. The smallest absolute Gasteiger partial charge is 0.240 e. The zero-order valence-electron chi connectivity index (χ0n) is 10.3. The molecular weight excluding hydrogens is 262 g/mol. The number of rotatable bonds is 4. The topological polar surface area (TPSA) is 89.0 Å². The Morgan fingerprint density at radius 2 is 2.32 bits per heavy atom. The summed E-state index contributed by atoms with van der Waals surface area (Å²) in [4.78, 5) is 10.8. The van der Waals surface area contributed by atoms with Crippen molar-refractivity contribution in [3.05, 3.63) is 35.1 Å². The average molecular weight is 275 g/mol. The summed E-state index contributed by atoms with van der Waals surface area (Å²) in [7, 11) is 0. The van der Waals surface area contributed by atoms with Gasteiger partial charge in [-0.15, -0.1) is 11.3 Å². The molecule has 19 heavy (non-hydrogen) atoms. The van der Waals surface area contributed by atoms with Crippen LogP contribution in [0.3, 0.4) is 0 Å². The summed E-state index contributed by atoms with van der Waals surface area (Å²) in [5.74, 6) is 7.39. The Morgan fingerprint density at radius 1 is 1.42 bits per heavy atom. The molecule has 0 fully saturated rings. The van der Waals surface area contributed by atoms with E-state index < -0.39 is 0 Å². The van der Waals surface area contributed by atoms with E-state index in [1.165, 1.54) is 4.88 Å². The number of hydrogen-bond acceptors (Lipinski definition) is 7. The highest BCUT2D eigenvalue weighted by molar-refractivity contribution is 7.18. The van der Waals surface area contributed by atoms with Gasteiger partial charge in [-0.3, -0.25) is 5.43 Å². The van der Waals surface area contributed by atoms with E-state index >= 15 is 0 Å². The van der Waals surface area contributed by atoms with Gasteiger partial charge >= 0.3 is 0 Å². The number of hydrazine groups is 1. The van der Waals surface area contributed by atoms with Crippen molar-refractivity contribution in [1.82, 2.24) is 9.97 Å². The minimum atomic E-state index is 0.399. The van der Waals surface area contributed by atoms with E-state index in [4.69, 9.17) is 10.3 Å². The third-order valence-corrected chi connectivity index (χ3v) is 3.60. The van der Waals surface area contributed by atoms with Crippen molar-refractivity contribution in [2.45, 2.75) is 13.5 Å². The Morgan fingerprint density at radius 3 is 3.05 bits per heavy atom. The van der Waals surface area contributed by atoms with Gasteiger partial charge in [0.2, 0.25) is 5.95 Å². The zero-order valence-corrected chi connectivity index (χ0v) is 11.1. The van der Waals surface area contributed by atoms with E-state index in [1.54, 1.807) is 17.6 Å². The van der Waals surface area contributed by atoms with Gasteiger partial charge in [0.25, 0.3) is 0 Å². The number of hydrogen-bond donors (Lipinski definition) is 3. The fourth-order valence-corrected chi connectivity index (χ4v) is 2.70. The lowest BCUT2D eigenvalue weighted by Gasteiger charge is -2.07. The molecule has 0 saturated carbocycles. The van der Waals surface area contributed by atoms with E-state index in [1.807, 2.05) is 19.1 Å². The molecule has 7 heteroatoms. The molecule has 4 N–H and O–H groups in total. The first-order valence-corrected chi connectivity index (χ1v) is 6.59. The monoisotopic (exact) mass is 275 g/mol. The molecule has 3 heterocycles. The first-order valence-electron chi connectivity index (χ1n) is 5.77. The number of fused-ring (bicyclic) bond motifs is 1. The highest BCUT2D eigenvalue weighted by Crippen LogP contribution is 2.29. The van der Waals surface area contributed by atoms with Crippen molar-refractivity contribution in [2.75, 3.05) is 10.7 Å². The van der Waals surface area contributed by atoms with Crippen LogP contribution < -0.4 is 16.6 Å². The molecule has 6 nitrogen and oxygen atoms in total. The van der Waals surface area contributed by atoms with Gasteiger partial charge in [0.1, 0.15) is 16.4 Å². The fraction of sp³-hybridized carbons (Fsp3) is 0.167. The number of nitrogens with one attached hydrogen (secondary N) is 2. The Labute approximate surface area is 113 Å². The molecule has 0 unspecified atom stereocenters. The summed E-state index contributed by atoms with van der Waals surface area (Å²) < 4.78 is 5.29. The maximum absolute atomic E-state index is 5.39. The normalized spacial score (nSPS) is 10.8. The standard InChI is InChI=1S/C12H13N5OS/c1-7-5-9-10(14-6-8-3-2-4-18-8)15-12(17-13)16-11(9)19-7/h2-5H,6,13H2,1H3,(H2,14,15,16,17). The lowest BCUT2D eigenvalue weighted by molar-refractivity contribution is 0.518. The second-order valence-corrected chi connectivity index (χ2v) is 5.28. The maximum atomic E-state index is 5.39. The molecule has 0 bridgehead atoms. The summed E-state index contributed by atoms with van der Waals surface area (Å²) >= 11 is 1.61. The SMILES string of the molecule is Cc1cc2c(NCc3ccco3)nc(NN)nc2s1. The molecule has 0 aliphatic rings. The number of aromatic nitrogens is 2. The fourth-order valence-electron chi connectivity index (χ4n) is 1.83. The van der Waals surface area contributed by atoms with Gasteiger partial charge in [0.15, 0.2) is 0 Å². The first-order chi connectivity index (χ1) is 9.26. The van der Waals surface area contributed by atoms with Gasteiger partial charge in [-0.1, -0.05) is 0 Å². The molecule has 0 radical (unpaired) electrons. The van der Waals surface area contributed by atoms with Crippen LogP contribution in [0, 0.1) is 6.92 Å². The van der Waals surface area contributed by atoms with E-state index in [-0.39, 0.29) is 0 Å². The van der Waals surface area contributed by atoms with Gasteiger partial charge in [-0.2, -0.15) is 4.98 Å². The second kappa shape index (κ2) is 4.87. The minimum Gasteiger partial charge on any atom is -0.467 e. The molecule has 0 spiro atoms. The number of nitrogens with two attached hydrogens (primary N) is 1. The molecule has 98 valence electrons. The third kappa shape index (κ3) is 2.38. The first kappa shape index (κ1) is 11.9. The van der Waals surface area contributed by atoms with Crippen LogP contribution in [0.4, 0.5) is 11.8 Å². The van der Waals surface area contributed by atoms with Crippen LogP contribution in [0.2, 0.25) is 0 Å². The van der Waals surface area contributed by atoms with Crippen LogP contribution in [-0.4, -0.2) is 9.97 Å². The molecule has 0 amide bonds. The Hall–Kier alpha value is -2.12. The summed E-state index contributed by atoms with van der Waals surface area (Å²) in [5, 5.41) is 4.24. The Bertz CT molecular complexity index is 692. The zero-order chi connectivity index (χ0) is 13.2. The molecule has 0 aliphatic heterocycles. The van der Waals surface area contributed by atoms with Gasteiger partial charge < -0.3 is 9.73 Å². The molecular formula is C12H13N5OS. The van der Waals surface area contributed by atoms with Gasteiger partial charge in [-0.05, 0) is 25.1 Å². The van der Waals surface area contributed by atoms with Gasteiger partial charge in [-0.25, -0.2) is 10.8 Å². The maximum Gasteiger partial charge on any atom is 0.240 e. The second-order valence-electron chi connectivity index (χ2n) is 4.05. The van der Waals surface area contributed by atoms with E-state index in [0.29, 0.717) is 12.5 Å². The quantitative estimate of drug-likeness (QED) is 0.501. The van der Waals surface area contributed by atoms with Crippen LogP contribution in [0.1, 0.15) is 10.6 Å². The van der Waals surface area contributed by atoms with Crippen LogP contribution in [0.25, 0.3) is 10.2 Å². The summed E-state index contributed by atoms with van der Waals surface area (Å²) in [5.41, 5.74) is 2.48. The third-order valence-electron chi connectivity index (χ3n) is 2.66. The highest BCUT2D eigenvalue weighted by atomic mass is 32.1. The van der Waals surface area contributed by atoms with Crippen molar-refractivity contribution in [2.24, 2.45) is 5.84 Å². The van der Waals surface area contributed by atoms with E-state index in [2.05, 4.69) is 26.8 Å². The van der Waals surface area contributed by atoms with Gasteiger partial charge in [0, 0.05) is 4.88 Å². The minimum absolute atomic E-state index is 0.399. The summed E-state index contributed by atoms with van der Waals surface area (Å²) in [6, 6.07) is 5.82. The van der Waals surface area contributed by atoms with E-state index in [0.717, 1.165) is 21.8 Å².